The number of aromatic nitrogens is 3. The number of rotatable bonds is 7. The molecule has 2 heterocycles. The quantitative estimate of drug-likeness (QED) is 0.523. The van der Waals surface area contributed by atoms with Crippen LogP contribution in [0.25, 0.3) is 0 Å². The number of aliphatic hydroxyl groups excluding tert-OH is 1. The molecule has 2 N–H and O–H groups in total. The number of amides is 1. The minimum atomic E-state index is -3.30. The number of fused-ring (bicyclic) bond motifs is 1. The second-order valence-corrected chi connectivity index (χ2v) is 11.1. The van der Waals surface area contributed by atoms with Crippen LogP contribution < -0.4 is 14.8 Å². The van der Waals surface area contributed by atoms with Crippen LogP contribution in [0.1, 0.15) is 35.7 Å². The molecular weight excluding hydrogens is 460 g/mol. The van der Waals surface area contributed by atoms with Crippen molar-refractivity contribution in [3.8, 4) is 17.2 Å². The third-order valence-electron chi connectivity index (χ3n) is 5.86. The van der Waals surface area contributed by atoms with Crippen LogP contribution in [0.15, 0.2) is 47.5 Å². The van der Waals surface area contributed by atoms with Gasteiger partial charge in [0.15, 0.2) is 15.7 Å². The van der Waals surface area contributed by atoms with E-state index in [4.69, 9.17) is 9.47 Å². The molecule has 1 amide bonds. The van der Waals surface area contributed by atoms with Gasteiger partial charge in [-0.2, -0.15) is 9.90 Å². The number of ether oxygens (including phenoxy) is 2. The van der Waals surface area contributed by atoms with Crippen molar-refractivity contribution >= 4 is 21.6 Å². The van der Waals surface area contributed by atoms with Crippen LogP contribution in [0.5, 0.6) is 17.2 Å². The number of anilines is 1. The lowest BCUT2D eigenvalue weighted by atomic mass is 9.98. The predicted molar refractivity (Wildman–Crippen MR) is 122 cm³/mol. The summed E-state index contributed by atoms with van der Waals surface area (Å²) in [4.78, 5) is 14.5. The zero-order valence-electron chi connectivity index (χ0n) is 18.7. The largest absolute Gasteiger partial charge is 0.484 e. The normalized spacial score (nSPS) is 19.4. The molecule has 178 valence electrons. The summed E-state index contributed by atoms with van der Waals surface area (Å²) in [5, 5.41) is 20.2. The number of carbonyl (C=O) groups excluding carboxylic acids is 1. The molecule has 0 radical (unpaired) electrons. The fourth-order valence-electron chi connectivity index (χ4n) is 3.86. The lowest BCUT2D eigenvalue weighted by Crippen LogP contribution is -2.34. The van der Waals surface area contributed by atoms with E-state index in [1.807, 2.05) is 0 Å². The smallest absolute Gasteiger partial charge is 0.257 e. The number of sulfone groups is 1. The van der Waals surface area contributed by atoms with E-state index < -0.39 is 21.3 Å². The molecule has 1 aliphatic carbocycles. The van der Waals surface area contributed by atoms with Crippen LogP contribution >= 0.6 is 0 Å². The molecule has 5 rings (SSSR count). The van der Waals surface area contributed by atoms with Crippen LogP contribution in [0.4, 0.5) is 5.82 Å². The number of carbonyl (C=O) groups is 1. The van der Waals surface area contributed by atoms with Crippen LogP contribution in [0.3, 0.4) is 0 Å². The van der Waals surface area contributed by atoms with Gasteiger partial charge in [-0.15, -0.1) is 5.10 Å². The molecule has 10 nitrogen and oxygen atoms in total. The second-order valence-electron chi connectivity index (χ2n) is 8.83. The molecule has 1 fully saturated rings. The molecule has 2 aromatic carbocycles. The Kier molecular flexibility index (Phi) is 5.33. The summed E-state index contributed by atoms with van der Waals surface area (Å²) >= 11 is 0. The Morgan fingerprint density at radius 1 is 1.29 bits per heavy atom. The number of nitrogens with zero attached hydrogens (tertiary/aromatic N) is 3. The maximum Gasteiger partial charge on any atom is 0.257 e. The number of hydrogen-bond donors (Lipinski definition) is 2. The summed E-state index contributed by atoms with van der Waals surface area (Å²) in [5.74, 6) is 1.10. The van der Waals surface area contributed by atoms with Gasteiger partial charge in [0.05, 0.1) is 22.9 Å². The Balaban J connectivity index is 1.45. The molecule has 3 aromatic rings. The summed E-state index contributed by atoms with van der Waals surface area (Å²) in [6, 6.07) is 9.43. The van der Waals surface area contributed by atoms with Gasteiger partial charge < -0.3 is 19.9 Å². The monoisotopic (exact) mass is 484 g/mol. The molecule has 0 saturated heterocycles. The van der Waals surface area contributed by atoms with E-state index in [9.17, 15) is 18.3 Å². The predicted octanol–water partition coefficient (Wildman–Crippen LogP) is 2.48. The van der Waals surface area contributed by atoms with Crippen molar-refractivity contribution in [3.05, 3.63) is 53.7 Å². The lowest BCUT2D eigenvalue weighted by molar-refractivity contribution is 0.0445. The Morgan fingerprint density at radius 2 is 2.03 bits per heavy atom. The minimum absolute atomic E-state index is 0.212. The molecule has 1 unspecified atom stereocenters. The van der Waals surface area contributed by atoms with Gasteiger partial charge in [-0.1, -0.05) is 0 Å². The van der Waals surface area contributed by atoms with E-state index in [-0.39, 0.29) is 22.3 Å². The average molecular weight is 485 g/mol. The molecule has 34 heavy (non-hydrogen) atoms. The fourth-order valence-corrected chi connectivity index (χ4v) is 5.51. The van der Waals surface area contributed by atoms with Gasteiger partial charge in [0, 0.05) is 24.6 Å². The first kappa shape index (κ1) is 22.4. The van der Waals surface area contributed by atoms with E-state index in [2.05, 4.69) is 15.5 Å². The fraction of sp³-hybridized carbons (Fsp3) is 0.348. The highest BCUT2D eigenvalue weighted by Crippen LogP contribution is 2.43. The van der Waals surface area contributed by atoms with Crippen molar-refractivity contribution in [1.82, 2.24) is 15.0 Å². The Labute approximate surface area is 196 Å². The van der Waals surface area contributed by atoms with Gasteiger partial charge in [-0.3, -0.25) is 4.79 Å². The van der Waals surface area contributed by atoms with Crippen LogP contribution in [0, 0.1) is 0 Å². The van der Waals surface area contributed by atoms with Crippen LogP contribution in [-0.2, 0) is 23.3 Å². The number of nitrogens with one attached hydrogen (secondary N) is 1. The molecule has 0 bridgehead atoms. The van der Waals surface area contributed by atoms with Gasteiger partial charge in [0.25, 0.3) is 5.91 Å². The topological polar surface area (TPSA) is 133 Å². The molecule has 1 aliphatic heterocycles. The first-order chi connectivity index (χ1) is 16.2. The van der Waals surface area contributed by atoms with Crippen molar-refractivity contribution in [2.75, 3.05) is 11.9 Å². The maximum atomic E-state index is 12.9. The highest BCUT2D eigenvalue weighted by Gasteiger charge is 2.38. The van der Waals surface area contributed by atoms with Crippen molar-refractivity contribution in [3.63, 3.8) is 0 Å². The lowest BCUT2D eigenvalue weighted by Gasteiger charge is -2.20. The second kappa shape index (κ2) is 8.10. The first-order valence-electron chi connectivity index (χ1n) is 10.8. The van der Waals surface area contributed by atoms with Gasteiger partial charge in [-0.25, -0.2) is 8.42 Å². The third-order valence-corrected chi connectivity index (χ3v) is 8.13. The van der Waals surface area contributed by atoms with Crippen molar-refractivity contribution in [2.45, 2.75) is 41.9 Å². The molecule has 1 atom stereocenters. The van der Waals surface area contributed by atoms with E-state index >= 15 is 0 Å². The summed E-state index contributed by atoms with van der Waals surface area (Å²) < 4.78 is 36.9. The number of aliphatic hydroxyl groups is 1. The average Bonchev–Trinajstić information content (AvgIpc) is 3.51. The van der Waals surface area contributed by atoms with Crippen molar-refractivity contribution < 1.29 is 27.8 Å². The number of benzene rings is 2. The van der Waals surface area contributed by atoms with Crippen molar-refractivity contribution in [1.29, 1.82) is 0 Å². The van der Waals surface area contributed by atoms with Crippen LogP contribution in [0.2, 0.25) is 0 Å². The molecule has 2 aliphatic rings. The number of hydrogen-bond acceptors (Lipinski definition) is 8. The Morgan fingerprint density at radius 3 is 2.65 bits per heavy atom. The van der Waals surface area contributed by atoms with Crippen LogP contribution in [-0.4, -0.2) is 51.9 Å². The van der Waals surface area contributed by atoms with Gasteiger partial charge in [0.1, 0.15) is 22.8 Å². The van der Waals surface area contributed by atoms with Crippen molar-refractivity contribution in [2.24, 2.45) is 7.05 Å². The zero-order chi connectivity index (χ0) is 24.1. The van der Waals surface area contributed by atoms with E-state index in [1.54, 1.807) is 38.2 Å². The van der Waals surface area contributed by atoms with Gasteiger partial charge in [-0.05, 0) is 56.2 Å². The first-order valence-corrected chi connectivity index (χ1v) is 12.4. The molecular formula is C23H24N4O6S. The summed E-state index contributed by atoms with van der Waals surface area (Å²) in [5.41, 5.74) is 0.139. The van der Waals surface area contributed by atoms with E-state index in [0.29, 0.717) is 47.9 Å². The number of aryl methyl sites for hydroxylation is 1. The molecule has 1 saturated carbocycles. The Hall–Kier alpha value is -3.44. The summed E-state index contributed by atoms with van der Waals surface area (Å²) in [6.45, 7) is 1.56. The van der Waals surface area contributed by atoms with Gasteiger partial charge >= 0.3 is 0 Å². The van der Waals surface area contributed by atoms with E-state index in [1.165, 1.54) is 23.1 Å². The molecule has 0 spiro atoms. The molecule has 11 heteroatoms. The summed E-state index contributed by atoms with van der Waals surface area (Å²) in [7, 11) is -1.66. The Bertz CT molecular complexity index is 1360. The summed E-state index contributed by atoms with van der Waals surface area (Å²) in [6.07, 6.45) is 3.20. The SMILES string of the molecule is Cn1ncc(NC(=O)c2cc(Oc3ccc(S(=O)(=O)C4CC4)cc3)c3c(c2)OC(C)(CO)C3)n1. The van der Waals surface area contributed by atoms with Gasteiger partial charge in [0.2, 0.25) is 0 Å². The molecule has 1 aromatic heterocycles. The minimum Gasteiger partial charge on any atom is -0.484 e. The van der Waals surface area contributed by atoms with E-state index in [0.717, 1.165) is 0 Å². The standard InChI is InChI=1S/C23H24N4O6S/c1-23(13-28)11-18-19(32-15-3-5-16(6-4-15)34(30,31)17-7-8-17)9-14(10-20(18)33-23)22(29)25-21-12-24-27(2)26-21/h3-6,9-10,12,17,28H,7-8,11,13H2,1-2H3,(H,25,26,29). The highest BCUT2D eigenvalue weighted by molar-refractivity contribution is 7.92. The highest BCUT2D eigenvalue weighted by atomic mass is 32.2. The maximum absolute atomic E-state index is 12.9. The zero-order valence-corrected chi connectivity index (χ0v) is 19.5. The third kappa shape index (κ3) is 4.24.